The molecular weight excluding hydrogens is 414 g/mol. The number of hydrogen-bond donors (Lipinski definition) is 2. The number of imidazole rings is 1. The number of nitrogens with one attached hydrogen (secondary N) is 2. The van der Waals surface area contributed by atoms with E-state index in [1.807, 2.05) is 0 Å². The molecule has 0 aliphatic heterocycles. The number of carbonyl (C=O) groups is 1. The monoisotopic (exact) mass is 425 g/mol. The van der Waals surface area contributed by atoms with E-state index in [2.05, 4.69) is 36.0 Å². The van der Waals surface area contributed by atoms with Crippen molar-refractivity contribution in [3.8, 4) is 5.75 Å². The zero-order valence-corrected chi connectivity index (χ0v) is 15.2. The molecular formula is C15H12BrN3O5S. The number of H-pyrrole nitrogens is 1. The van der Waals surface area contributed by atoms with Crippen LogP contribution >= 0.6 is 15.9 Å². The molecule has 130 valence electrons. The number of aromatic nitrogens is 2. The zero-order chi connectivity index (χ0) is 18.0. The largest absolute Gasteiger partial charge is 0.453 e. The Morgan fingerprint density at radius 1 is 1.24 bits per heavy atom. The molecule has 0 unspecified atom stereocenters. The molecule has 1 aromatic heterocycles. The number of nitrogens with zero attached hydrogens (tertiary/aromatic N) is 1. The lowest BCUT2D eigenvalue weighted by Gasteiger charge is -2.08. The third kappa shape index (κ3) is 3.74. The van der Waals surface area contributed by atoms with E-state index in [1.165, 1.54) is 31.4 Å². The maximum absolute atomic E-state index is 12.5. The van der Waals surface area contributed by atoms with Crippen LogP contribution in [0.5, 0.6) is 5.75 Å². The Labute approximate surface area is 151 Å². The van der Waals surface area contributed by atoms with Crippen LogP contribution in [0.4, 0.5) is 10.7 Å². The van der Waals surface area contributed by atoms with Crippen molar-refractivity contribution in [2.75, 3.05) is 12.4 Å². The number of para-hydroxylation sites is 1. The minimum Gasteiger partial charge on any atom is -0.453 e. The molecule has 0 radical (unpaired) electrons. The highest BCUT2D eigenvalue weighted by Gasteiger charge is 2.19. The summed E-state index contributed by atoms with van der Waals surface area (Å²) in [7, 11) is -2.82. The average Bonchev–Trinajstić information content (AvgIpc) is 2.98. The summed E-state index contributed by atoms with van der Waals surface area (Å²) < 4.78 is 35.1. The standard InChI is InChI=1S/C15H12BrN3O5S/c1-23-15(20)19-14-17-11-7-6-9(8-12(11)18-14)25(21,22)24-13-5-3-2-4-10(13)16/h2-8H,1H3,(H2,17,18,19,20). The molecule has 0 aliphatic rings. The lowest BCUT2D eigenvalue weighted by Crippen LogP contribution is -2.11. The second kappa shape index (κ2) is 6.73. The molecule has 8 nitrogen and oxygen atoms in total. The molecule has 0 bridgehead atoms. The number of carbonyl (C=O) groups excluding carboxylic acids is 1. The van der Waals surface area contributed by atoms with Gasteiger partial charge in [-0.25, -0.2) is 9.78 Å². The highest BCUT2D eigenvalue weighted by Crippen LogP contribution is 2.28. The van der Waals surface area contributed by atoms with Gasteiger partial charge in [0.2, 0.25) is 5.95 Å². The van der Waals surface area contributed by atoms with Gasteiger partial charge in [-0.2, -0.15) is 8.42 Å². The van der Waals surface area contributed by atoms with Crippen molar-refractivity contribution < 1.29 is 22.1 Å². The van der Waals surface area contributed by atoms with Crippen molar-refractivity contribution in [1.29, 1.82) is 0 Å². The molecule has 0 spiro atoms. The first-order valence-electron chi connectivity index (χ1n) is 6.93. The first-order valence-corrected chi connectivity index (χ1v) is 9.13. The average molecular weight is 426 g/mol. The van der Waals surface area contributed by atoms with Gasteiger partial charge < -0.3 is 13.9 Å². The van der Waals surface area contributed by atoms with E-state index < -0.39 is 16.2 Å². The van der Waals surface area contributed by atoms with Crippen LogP contribution in [0.2, 0.25) is 0 Å². The molecule has 0 saturated carbocycles. The molecule has 2 N–H and O–H groups in total. The number of anilines is 1. The van der Waals surface area contributed by atoms with E-state index >= 15 is 0 Å². The van der Waals surface area contributed by atoms with Crippen molar-refractivity contribution in [2.24, 2.45) is 0 Å². The third-order valence-electron chi connectivity index (χ3n) is 3.19. The van der Waals surface area contributed by atoms with Crippen LogP contribution in [-0.4, -0.2) is 31.6 Å². The van der Waals surface area contributed by atoms with Crippen LogP contribution in [0.3, 0.4) is 0 Å². The number of hydrogen-bond acceptors (Lipinski definition) is 6. The number of benzene rings is 2. The Morgan fingerprint density at radius 2 is 2.00 bits per heavy atom. The summed E-state index contributed by atoms with van der Waals surface area (Å²) in [6.07, 6.45) is -0.691. The molecule has 1 heterocycles. The van der Waals surface area contributed by atoms with E-state index in [1.54, 1.807) is 18.2 Å². The fourth-order valence-electron chi connectivity index (χ4n) is 2.03. The van der Waals surface area contributed by atoms with Gasteiger partial charge in [-0.05, 0) is 46.3 Å². The van der Waals surface area contributed by atoms with E-state index in [0.717, 1.165) is 0 Å². The summed E-state index contributed by atoms with van der Waals surface area (Å²) in [5.41, 5.74) is 0.898. The van der Waals surface area contributed by atoms with Crippen molar-refractivity contribution in [1.82, 2.24) is 9.97 Å². The summed E-state index contributed by atoms with van der Waals surface area (Å²) in [5, 5.41) is 2.37. The van der Waals surface area contributed by atoms with Crippen molar-refractivity contribution in [3.63, 3.8) is 0 Å². The second-order valence-electron chi connectivity index (χ2n) is 4.85. The van der Waals surface area contributed by atoms with Gasteiger partial charge in [0.25, 0.3) is 0 Å². The Bertz CT molecular complexity index is 1050. The lowest BCUT2D eigenvalue weighted by molar-refractivity contribution is 0.186. The number of halogens is 1. The summed E-state index contributed by atoms with van der Waals surface area (Å²) in [6, 6.07) is 10.9. The van der Waals surface area contributed by atoms with E-state index in [4.69, 9.17) is 4.18 Å². The number of methoxy groups -OCH3 is 1. The minimum atomic E-state index is -4.04. The smallest absolute Gasteiger partial charge is 0.413 e. The highest BCUT2D eigenvalue weighted by molar-refractivity contribution is 9.10. The van der Waals surface area contributed by atoms with E-state index in [9.17, 15) is 13.2 Å². The van der Waals surface area contributed by atoms with E-state index in [-0.39, 0.29) is 16.6 Å². The van der Waals surface area contributed by atoms with Gasteiger partial charge in [0.1, 0.15) is 4.90 Å². The van der Waals surface area contributed by atoms with Gasteiger partial charge in [-0.1, -0.05) is 12.1 Å². The zero-order valence-electron chi connectivity index (χ0n) is 12.8. The predicted octanol–water partition coefficient (Wildman–Crippen LogP) is 3.27. The number of fused-ring (bicyclic) bond motifs is 1. The molecule has 3 aromatic rings. The Balaban J connectivity index is 1.92. The fourth-order valence-corrected chi connectivity index (χ4v) is 3.47. The van der Waals surface area contributed by atoms with Crippen LogP contribution in [-0.2, 0) is 14.9 Å². The Kier molecular flexibility index (Phi) is 4.64. The second-order valence-corrected chi connectivity index (χ2v) is 7.25. The number of rotatable bonds is 4. The molecule has 25 heavy (non-hydrogen) atoms. The molecule has 0 aliphatic carbocycles. The first kappa shape index (κ1) is 17.2. The Hall–Kier alpha value is -2.59. The quantitative estimate of drug-likeness (QED) is 0.620. The van der Waals surface area contributed by atoms with Gasteiger partial charge in [-0.3, -0.25) is 5.32 Å². The van der Waals surface area contributed by atoms with Crippen molar-refractivity contribution >= 4 is 49.1 Å². The van der Waals surface area contributed by atoms with Gasteiger partial charge in [0, 0.05) is 0 Å². The molecule has 3 rings (SSSR count). The van der Waals surface area contributed by atoms with Crippen LogP contribution < -0.4 is 9.50 Å². The topological polar surface area (TPSA) is 110 Å². The van der Waals surface area contributed by atoms with Gasteiger partial charge in [0.15, 0.2) is 5.75 Å². The highest BCUT2D eigenvalue weighted by atomic mass is 79.9. The van der Waals surface area contributed by atoms with Gasteiger partial charge in [-0.15, -0.1) is 0 Å². The molecule has 10 heteroatoms. The van der Waals surface area contributed by atoms with Crippen LogP contribution in [0.1, 0.15) is 0 Å². The van der Waals surface area contributed by atoms with Crippen molar-refractivity contribution in [3.05, 3.63) is 46.9 Å². The summed E-state index contributed by atoms with van der Waals surface area (Å²) in [4.78, 5) is 18.1. The maximum Gasteiger partial charge on any atom is 0.413 e. The maximum atomic E-state index is 12.5. The van der Waals surface area contributed by atoms with Crippen LogP contribution in [0.25, 0.3) is 11.0 Å². The summed E-state index contributed by atoms with van der Waals surface area (Å²) in [5.74, 6) is 0.320. The van der Waals surface area contributed by atoms with Gasteiger partial charge in [0.05, 0.1) is 22.6 Å². The lowest BCUT2D eigenvalue weighted by atomic mass is 10.3. The fraction of sp³-hybridized carbons (Fsp3) is 0.0667. The van der Waals surface area contributed by atoms with Crippen molar-refractivity contribution in [2.45, 2.75) is 4.90 Å². The molecule has 0 saturated heterocycles. The normalized spacial score (nSPS) is 11.3. The number of aromatic amines is 1. The first-order chi connectivity index (χ1) is 11.9. The number of amides is 1. The SMILES string of the molecule is COC(=O)Nc1nc2cc(S(=O)(=O)Oc3ccccc3Br)ccc2[nH]1. The van der Waals surface area contributed by atoms with Crippen LogP contribution in [0.15, 0.2) is 51.8 Å². The molecule has 1 amide bonds. The van der Waals surface area contributed by atoms with Gasteiger partial charge >= 0.3 is 16.2 Å². The molecule has 0 atom stereocenters. The molecule has 0 fully saturated rings. The number of ether oxygens (including phenoxy) is 1. The van der Waals surface area contributed by atoms with E-state index in [0.29, 0.717) is 15.5 Å². The minimum absolute atomic E-state index is 0.0631. The predicted molar refractivity (Wildman–Crippen MR) is 94.1 cm³/mol. The summed E-state index contributed by atoms with van der Waals surface area (Å²) >= 11 is 3.24. The third-order valence-corrected chi connectivity index (χ3v) is 5.07. The summed E-state index contributed by atoms with van der Waals surface area (Å²) in [6.45, 7) is 0. The van der Waals surface area contributed by atoms with Crippen LogP contribution in [0, 0.1) is 0 Å². The molecule has 2 aromatic carbocycles. The Morgan fingerprint density at radius 3 is 2.72 bits per heavy atom.